The van der Waals surface area contributed by atoms with E-state index in [-0.39, 0.29) is 6.54 Å². The second kappa shape index (κ2) is 6.06. The Balaban J connectivity index is 2.94. The van der Waals surface area contributed by atoms with Gasteiger partial charge in [0.2, 0.25) is 10.0 Å². The van der Waals surface area contributed by atoms with Gasteiger partial charge in [-0.3, -0.25) is 0 Å². The third-order valence-electron chi connectivity index (χ3n) is 2.78. The van der Waals surface area contributed by atoms with Gasteiger partial charge >= 0.3 is 0 Å². The van der Waals surface area contributed by atoms with E-state index < -0.39 is 10.0 Å². The average molecular weight is 271 g/mol. The lowest BCUT2D eigenvalue weighted by molar-refractivity contribution is 0.587. The molecule has 102 valence electrons. The summed E-state index contributed by atoms with van der Waals surface area (Å²) in [5.74, 6) is 0. The minimum atomic E-state index is -3.20. The van der Waals surface area contributed by atoms with E-state index in [0.717, 1.165) is 30.6 Å². The number of anilines is 2. The maximum absolute atomic E-state index is 11.1. The highest BCUT2D eigenvalue weighted by molar-refractivity contribution is 7.88. The number of nitrogens with zero attached hydrogens (tertiary/aromatic N) is 1. The molecule has 0 saturated heterocycles. The Bertz CT molecular complexity index is 496. The van der Waals surface area contributed by atoms with Gasteiger partial charge in [0.15, 0.2) is 0 Å². The van der Waals surface area contributed by atoms with Crippen LogP contribution in [0.1, 0.15) is 19.4 Å². The monoisotopic (exact) mass is 271 g/mol. The molecule has 0 aromatic heterocycles. The van der Waals surface area contributed by atoms with Crippen LogP contribution in [-0.4, -0.2) is 27.8 Å². The highest BCUT2D eigenvalue weighted by atomic mass is 32.2. The number of nitrogens with one attached hydrogen (secondary N) is 1. The van der Waals surface area contributed by atoms with Gasteiger partial charge in [0.05, 0.1) is 6.26 Å². The third-order valence-corrected chi connectivity index (χ3v) is 3.45. The van der Waals surface area contributed by atoms with Crippen molar-refractivity contribution in [1.29, 1.82) is 0 Å². The number of sulfonamides is 1. The first-order valence-electron chi connectivity index (χ1n) is 5.95. The van der Waals surface area contributed by atoms with Gasteiger partial charge in [-0.1, -0.05) is 0 Å². The maximum Gasteiger partial charge on any atom is 0.209 e. The molecule has 0 bridgehead atoms. The van der Waals surface area contributed by atoms with Gasteiger partial charge in [-0.15, -0.1) is 0 Å². The Labute approximate surface area is 109 Å². The van der Waals surface area contributed by atoms with Crippen LogP contribution in [0.3, 0.4) is 0 Å². The van der Waals surface area contributed by atoms with Gasteiger partial charge in [-0.2, -0.15) is 0 Å². The highest BCUT2D eigenvalue weighted by Gasteiger charge is 2.08. The lowest BCUT2D eigenvalue weighted by atomic mass is 10.1. The average Bonchev–Trinajstić information content (AvgIpc) is 2.30. The highest BCUT2D eigenvalue weighted by Crippen LogP contribution is 2.21. The fourth-order valence-electron chi connectivity index (χ4n) is 1.74. The van der Waals surface area contributed by atoms with Gasteiger partial charge in [0.25, 0.3) is 0 Å². The van der Waals surface area contributed by atoms with E-state index in [2.05, 4.69) is 23.5 Å². The summed E-state index contributed by atoms with van der Waals surface area (Å²) in [6, 6.07) is 5.69. The van der Waals surface area contributed by atoms with Crippen LogP contribution in [0, 0.1) is 0 Å². The quantitative estimate of drug-likeness (QED) is 0.761. The van der Waals surface area contributed by atoms with Crippen molar-refractivity contribution in [3.05, 3.63) is 23.8 Å². The minimum absolute atomic E-state index is 0.222. The first kappa shape index (κ1) is 14.8. The van der Waals surface area contributed by atoms with Gasteiger partial charge < -0.3 is 10.6 Å². The molecule has 0 aliphatic rings. The Hall–Kier alpha value is -1.27. The third kappa shape index (κ3) is 4.19. The SMILES string of the molecule is CCN(CC)c1ccc(N)c(CNS(C)(=O)=O)c1. The summed E-state index contributed by atoms with van der Waals surface area (Å²) in [5, 5.41) is 0. The number of rotatable bonds is 6. The van der Waals surface area contributed by atoms with Crippen LogP contribution < -0.4 is 15.4 Å². The second-order valence-corrected chi connectivity index (χ2v) is 5.98. The predicted octanol–water partition coefficient (Wildman–Crippen LogP) is 1.16. The van der Waals surface area contributed by atoms with Gasteiger partial charge in [0, 0.05) is 31.0 Å². The number of benzene rings is 1. The minimum Gasteiger partial charge on any atom is -0.398 e. The van der Waals surface area contributed by atoms with Crippen molar-refractivity contribution < 1.29 is 8.42 Å². The van der Waals surface area contributed by atoms with E-state index in [1.165, 1.54) is 0 Å². The first-order chi connectivity index (χ1) is 8.37. The molecule has 0 atom stereocenters. The zero-order chi connectivity index (χ0) is 13.8. The summed E-state index contributed by atoms with van der Waals surface area (Å²) in [6.07, 6.45) is 1.14. The normalized spacial score (nSPS) is 11.5. The number of hydrogen-bond acceptors (Lipinski definition) is 4. The number of nitrogen functional groups attached to an aromatic ring is 1. The Morgan fingerprint density at radius 3 is 2.39 bits per heavy atom. The molecule has 0 aliphatic heterocycles. The van der Waals surface area contributed by atoms with E-state index >= 15 is 0 Å². The number of hydrogen-bond donors (Lipinski definition) is 2. The van der Waals surface area contributed by atoms with Crippen LogP contribution in [0.4, 0.5) is 11.4 Å². The van der Waals surface area contributed by atoms with Gasteiger partial charge in [-0.25, -0.2) is 13.1 Å². The molecule has 3 N–H and O–H groups in total. The molecule has 1 rings (SSSR count). The van der Waals surface area contributed by atoms with Crippen LogP contribution in [0.2, 0.25) is 0 Å². The Morgan fingerprint density at radius 2 is 1.89 bits per heavy atom. The standard InChI is InChI=1S/C12H21N3O2S/c1-4-15(5-2)11-6-7-12(13)10(8-11)9-14-18(3,16)17/h6-8,14H,4-5,9,13H2,1-3H3. The largest absolute Gasteiger partial charge is 0.398 e. The molecule has 0 aliphatic carbocycles. The molecule has 0 spiro atoms. The van der Waals surface area contributed by atoms with Crippen LogP contribution in [-0.2, 0) is 16.6 Å². The van der Waals surface area contributed by atoms with Gasteiger partial charge in [-0.05, 0) is 37.6 Å². The molecular formula is C12H21N3O2S. The maximum atomic E-state index is 11.1. The van der Waals surface area contributed by atoms with Crippen molar-refractivity contribution in [3.8, 4) is 0 Å². The zero-order valence-corrected chi connectivity index (χ0v) is 11.9. The summed E-state index contributed by atoms with van der Waals surface area (Å²) in [4.78, 5) is 2.18. The molecule has 0 amide bonds. The Morgan fingerprint density at radius 1 is 1.28 bits per heavy atom. The van der Waals surface area contributed by atoms with Crippen LogP contribution >= 0.6 is 0 Å². The van der Waals surface area contributed by atoms with Crippen LogP contribution in [0.5, 0.6) is 0 Å². The molecule has 6 heteroatoms. The molecule has 0 saturated carbocycles. The fraction of sp³-hybridized carbons (Fsp3) is 0.500. The molecule has 0 fully saturated rings. The summed E-state index contributed by atoms with van der Waals surface area (Å²) in [6.45, 7) is 6.18. The van der Waals surface area contributed by atoms with E-state index in [0.29, 0.717) is 5.69 Å². The number of nitrogens with two attached hydrogens (primary N) is 1. The molecule has 5 nitrogen and oxygen atoms in total. The van der Waals surface area contributed by atoms with E-state index in [4.69, 9.17) is 5.73 Å². The predicted molar refractivity (Wildman–Crippen MR) is 76.1 cm³/mol. The van der Waals surface area contributed by atoms with Crippen LogP contribution in [0.15, 0.2) is 18.2 Å². The molecule has 1 aromatic rings. The molecule has 0 heterocycles. The van der Waals surface area contributed by atoms with Gasteiger partial charge in [0.1, 0.15) is 0 Å². The second-order valence-electron chi connectivity index (χ2n) is 4.15. The molecular weight excluding hydrogens is 250 g/mol. The molecule has 18 heavy (non-hydrogen) atoms. The molecule has 1 aromatic carbocycles. The van der Waals surface area contributed by atoms with Crippen LogP contribution in [0.25, 0.3) is 0 Å². The summed E-state index contributed by atoms with van der Waals surface area (Å²) < 4.78 is 24.6. The van der Waals surface area contributed by atoms with Crippen molar-refractivity contribution in [2.75, 3.05) is 30.0 Å². The first-order valence-corrected chi connectivity index (χ1v) is 7.84. The summed E-state index contributed by atoms with van der Waals surface area (Å²) in [7, 11) is -3.20. The fourth-order valence-corrected chi connectivity index (χ4v) is 2.16. The van der Waals surface area contributed by atoms with E-state index in [1.807, 2.05) is 18.2 Å². The van der Waals surface area contributed by atoms with Crippen molar-refractivity contribution in [2.24, 2.45) is 0 Å². The Kier molecular flexibility index (Phi) is 4.98. The van der Waals surface area contributed by atoms with Crippen molar-refractivity contribution >= 4 is 21.4 Å². The molecule has 0 radical (unpaired) electrons. The van der Waals surface area contributed by atoms with Crippen molar-refractivity contribution in [3.63, 3.8) is 0 Å². The zero-order valence-electron chi connectivity index (χ0n) is 11.1. The van der Waals surface area contributed by atoms with E-state index in [9.17, 15) is 8.42 Å². The summed E-state index contributed by atoms with van der Waals surface area (Å²) >= 11 is 0. The van der Waals surface area contributed by atoms with E-state index in [1.54, 1.807) is 0 Å². The van der Waals surface area contributed by atoms with Crippen molar-refractivity contribution in [2.45, 2.75) is 20.4 Å². The lowest BCUT2D eigenvalue weighted by Crippen LogP contribution is -2.24. The lowest BCUT2D eigenvalue weighted by Gasteiger charge is -2.22. The topological polar surface area (TPSA) is 75.4 Å². The molecule has 0 unspecified atom stereocenters. The smallest absolute Gasteiger partial charge is 0.209 e. The van der Waals surface area contributed by atoms with Crippen molar-refractivity contribution in [1.82, 2.24) is 4.72 Å². The summed E-state index contributed by atoms with van der Waals surface area (Å²) in [5.41, 5.74) is 8.30.